The number of imidazole rings is 1. The van der Waals surface area contributed by atoms with Crippen molar-refractivity contribution in [2.24, 2.45) is 5.92 Å². The van der Waals surface area contributed by atoms with E-state index in [4.69, 9.17) is 4.74 Å². The minimum absolute atomic E-state index is 0.0656. The van der Waals surface area contributed by atoms with Crippen LogP contribution in [-0.4, -0.2) is 46.5 Å². The Hall–Kier alpha value is -2.37. The maximum absolute atomic E-state index is 12.6. The number of amides is 1. The van der Waals surface area contributed by atoms with Crippen LogP contribution in [0.5, 0.6) is 0 Å². The van der Waals surface area contributed by atoms with E-state index >= 15 is 0 Å². The van der Waals surface area contributed by atoms with Crippen molar-refractivity contribution in [1.29, 1.82) is 0 Å². The zero-order valence-corrected chi connectivity index (χ0v) is 14.4. The van der Waals surface area contributed by atoms with Gasteiger partial charge in [-0.2, -0.15) is 0 Å². The van der Waals surface area contributed by atoms with Crippen molar-refractivity contribution in [2.75, 3.05) is 20.2 Å². The second-order valence-corrected chi connectivity index (χ2v) is 6.48. The van der Waals surface area contributed by atoms with Crippen LogP contribution in [0, 0.1) is 19.8 Å². The number of fused-ring (bicyclic) bond motifs is 1. The average molecular weight is 329 g/mol. The molecule has 1 fully saturated rings. The van der Waals surface area contributed by atoms with Gasteiger partial charge in [-0.1, -0.05) is 0 Å². The van der Waals surface area contributed by atoms with Gasteiger partial charge in [-0.05, 0) is 49.9 Å². The second-order valence-electron chi connectivity index (χ2n) is 6.48. The molecule has 1 aliphatic heterocycles. The summed E-state index contributed by atoms with van der Waals surface area (Å²) in [6.07, 6.45) is 3.06. The smallest absolute Gasteiger partial charge is 0.308 e. The van der Waals surface area contributed by atoms with Crippen LogP contribution in [0.4, 0.5) is 0 Å². The van der Waals surface area contributed by atoms with E-state index in [1.54, 1.807) is 6.33 Å². The quantitative estimate of drug-likeness (QED) is 0.809. The molecule has 0 radical (unpaired) electrons. The molecular formula is C18H23N3O3. The predicted octanol–water partition coefficient (Wildman–Crippen LogP) is 2.06. The van der Waals surface area contributed by atoms with Crippen molar-refractivity contribution in [3.63, 3.8) is 0 Å². The number of carbonyl (C=O) groups is 2. The van der Waals surface area contributed by atoms with Crippen molar-refractivity contribution in [2.45, 2.75) is 33.2 Å². The fourth-order valence-corrected chi connectivity index (χ4v) is 3.22. The molecular weight excluding hydrogens is 306 g/mol. The number of benzene rings is 1. The average Bonchev–Trinajstić information content (AvgIpc) is 2.96. The monoisotopic (exact) mass is 329 g/mol. The summed E-state index contributed by atoms with van der Waals surface area (Å²) in [5.74, 6) is -0.192. The van der Waals surface area contributed by atoms with E-state index < -0.39 is 0 Å². The van der Waals surface area contributed by atoms with Crippen molar-refractivity contribution >= 4 is 22.9 Å². The highest BCUT2D eigenvalue weighted by Crippen LogP contribution is 2.21. The maximum Gasteiger partial charge on any atom is 0.308 e. The van der Waals surface area contributed by atoms with Crippen LogP contribution in [0.1, 0.15) is 24.0 Å². The highest BCUT2D eigenvalue weighted by molar-refractivity contribution is 5.82. The molecule has 0 aliphatic carbocycles. The summed E-state index contributed by atoms with van der Waals surface area (Å²) in [6, 6.07) is 4.13. The molecule has 6 nitrogen and oxygen atoms in total. The lowest BCUT2D eigenvalue weighted by Crippen LogP contribution is -2.41. The zero-order valence-electron chi connectivity index (χ0n) is 14.4. The summed E-state index contributed by atoms with van der Waals surface area (Å²) >= 11 is 0. The molecule has 0 saturated carbocycles. The van der Waals surface area contributed by atoms with Crippen LogP contribution in [-0.2, 0) is 20.9 Å². The largest absolute Gasteiger partial charge is 0.469 e. The van der Waals surface area contributed by atoms with Crippen LogP contribution in [0.3, 0.4) is 0 Å². The number of aryl methyl sites for hydroxylation is 2. The molecule has 128 valence electrons. The Balaban J connectivity index is 1.68. The van der Waals surface area contributed by atoms with E-state index in [0.717, 1.165) is 11.0 Å². The first-order valence-corrected chi connectivity index (χ1v) is 8.27. The first-order chi connectivity index (χ1) is 11.5. The van der Waals surface area contributed by atoms with E-state index in [1.807, 2.05) is 15.5 Å². The molecule has 1 aliphatic rings. The summed E-state index contributed by atoms with van der Waals surface area (Å²) in [4.78, 5) is 30.4. The molecule has 2 aromatic rings. The minimum Gasteiger partial charge on any atom is -0.469 e. The summed E-state index contributed by atoms with van der Waals surface area (Å²) in [6.45, 7) is 5.60. The van der Waals surface area contributed by atoms with Crippen molar-refractivity contribution in [3.8, 4) is 0 Å². The Labute approximate surface area is 141 Å². The summed E-state index contributed by atoms with van der Waals surface area (Å²) in [5, 5.41) is 0. The van der Waals surface area contributed by atoms with Gasteiger partial charge in [0.25, 0.3) is 0 Å². The van der Waals surface area contributed by atoms with Crippen LogP contribution in [0.15, 0.2) is 18.5 Å². The molecule has 1 amide bonds. The summed E-state index contributed by atoms with van der Waals surface area (Å²) in [7, 11) is 1.41. The fraction of sp³-hybridized carbons (Fsp3) is 0.500. The molecule has 3 rings (SSSR count). The number of esters is 1. The highest BCUT2D eigenvalue weighted by atomic mass is 16.5. The molecule has 0 N–H and O–H groups in total. The summed E-state index contributed by atoms with van der Waals surface area (Å²) < 4.78 is 6.68. The molecule has 0 spiro atoms. The standard InChI is InChI=1S/C18H23N3O3/c1-12-8-15-16(9-13(12)2)21(11-19-15)10-17(22)20-6-4-14(5-7-20)18(23)24-3/h8-9,11,14H,4-7,10H2,1-3H3. The Morgan fingerprint density at radius 3 is 2.54 bits per heavy atom. The lowest BCUT2D eigenvalue weighted by Gasteiger charge is -2.30. The van der Waals surface area contributed by atoms with Gasteiger partial charge in [0.2, 0.25) is 5.91 Å². The van der Waals surface area contributed by atoms with Gasteiger partial charge < -0.3 is 14.2 Å². The number of ether oxygens (including phenoxy) is 1. The molecule has 24 heavy (non-hydrogen) atoms. The number of hydrogen-bond acceptors (Lipinski definition) is 4. The van der Waals surface area contributed by atoms with Crippen molar-refractivity contribution in [3.05, 3.63) is 29.6 Å². The molecule has 0 bridgehead atoms. The van der Waals surface area contributed by atoms with Crippen LogP contribution in [0.2, 0.25) is 0 Å². The molecule has 2 heterocycles. The van der Waals surface area contributed by atoms with Gasteiger partial charge in [0.15, 0.2) is 0 Å². The fourth-order valence-electron chi connectivity index (χ4n) is 3.22. The number of rotatable bonds is 3. The van der Waals surface area contributed by atoms with Gasteiger partial charge in [-0.3, -0.25) is 9.59 Å². The second kappa shape index (κ2) is 6.63. The normalized spacial score (nSPS) is 15.7. The molecule has 1 saturated heterocycles. The van der Waals surface area contributed by atoms with E-state index in [0.29, 0.717) is 25.9 Å². The Morgan fingerprint density at radius 2 is 1.88 bits per heavy atom. The van der Waals surface area contributed by atoms with E-state index in [1.165, 1.54) is 18.2 Å². The van der Waals surface area contributed by atoms with E-state index in [-0.39, 0.29) is 24.3 Å². The predicted molar refractivity (Wildman–Crippen MR) is 90.5 cm³/mol. The molecule has 1 aromatic heterocycles. The Kier molecular flexibility index (Phi) is 4.55. The van der Waals surface area contributed by atoms with Crippen molar-refractivity contribution < 1.29 is 14.3 Å². The lowest BCUT2D eigenvalue weighted by atomic mass is 9.97. The minimum atomic E-state index is -0.173. The lowest BCUT2D eigenvalue weighted by molar-refractivity contribution is -0.149. The SMILES string of the molecule is COC(=O)C1CCN(C(=O)Cn2cnc3cc(C)c(C)cc32)CC1. The number of piperidine rings is 1. The maximum atomic E-state index is 12.6. The van der Waals surface area contributed by atoms with Gasteiger partial charge in [0, 0.05) is 13.1 Å². The number of likely N-dealkylation sites (tertiary alicyclic amines) is 1. The number of hydrogen-bond donors (Lipinski definition) is 0. The zero-order chi connectivity index (χ0) is 17.3. The van der Waals surface area contributed by atoms with Gasteiger partial charge in [0.05, 0.1) is 30.4 Å². The van der Waals surface area contributed by atoms with Gasteiger partial charge in [-0.25, -0.2) is 4.98 Å². The summed E-state index contributed by atoms with van der Waals surface area (Å²) in [5.41, 5.74) is 4.28. The van der Waals surface area contributed by atoms with Crippen LogP contribution < -0.4 is 0 Å². The number of carbonyl (C=O) groups excluding carboxylic acids is 2. The third kappa shape index (κ3) is 3.13. The van der Waals surface area contributed by atoms with Crippen LogP contribution >= 0.6 is 0 Å². The van der Waals surface area contributed by atoms with Crippen LogP contribution in [0.25, 0.3) is 11.0 Å². The first-order valence-electron chi connectivity index (χ1n) is 8.27. The number of aromatic nitrogens is 2. The van der Waals surface area contributed by atoms with Crippen molar-refractivity contribution in [1.82, 2.24) is 14.5 Å². The third-order valence-corrected chi connectivity index (χ3v) is 4.92. The number of nitrogens with zero attached hydrogens (tertiary/aromatic N) is 3. The van der Waals surface area contributed by atoms with Gasteiger partial charge >= 0.3 is 5.97 Å². The Morgan fingerprint density at radius 1 is 1.21 bits per heavy atom. The molecule has 1 aromatic carbocycles. The van der Waals surface area contributed by atoms with E-state index in [9.17, 15) is 9.59 Å². The Bertz CT molecular complexity index is 773. The van der Waals surface area contributed by atoms with Gasteiger partial charge in [0.1, 0.15) is 6.54 Å². The van der Waals surface area contributed by atoms with E-state index in [2.05, 4.69) is 24.9 Å². The van der Waals surface area contributed by atoms with Gasteiger partial charge in [-0.15, -0.1) is 0 Å². The molecule has 0 atom stereocenters. The topological polar surface area (TPSA) is 64.4 Å². The number of methoxy groups -OCH3 is 1. The third-order valence-electron chi connectivity index (χ3n) is 4.92. The molecule has 0 unspecified atom stereocenters. The highest BCUT2D eigenvalue weighted by Gasteiger charge is 2.28. The first kappa shape index (κ1) is 16.5. The molecule has 6 heteroatoms.